The van der Waals surface area contributed by atoms with Gasteiger partial charge in [0.15, 0.2) is 0 Å². The molecule has 2 unspecified atom stereocenters. The van der Waals surface area contributed by atoms with Crippen molar-refractivity contribution in [1.29, 1.82) is 0 Å². The van der Waals surface area contributed by atoms with Crippen molar-refractivity contribution in [2.45, 2.75) is 39.0 Å². The van der Waals surface area contributed by atoms with Crippen LogP contribution in [0.25, 0.3) is 0 Å². The van der Waals surface area contributed by atoms with Gasteiger partial charge >= 0.3 is 0 Å². The third-order valence-electron chi connectivity index (χ3n) is 4.01. The van der Waals surface area contributed by atoms with Crippen LogP contribution in [0.3, 0.4) is 0 Å². The number of hydrogen-bond donors (Lipinski definition) is 3. The van der Waals surface area contributed by atoms with Crippen molar-refractivity contribution < 1.29 is 0 Å². The first kappa shape index (κ1) is 13.1. The molecule has 0 radical (unpaired) electrons. The molecule has 5 N–H and O–H groups in total. The molecular formula is C15H25N3. The molecule has 0 aliphatic heterocycles. The summed E-state index contributed by atoms with van der Waals surface area (Å²) >= 11 is 0. The molecule has 2 rings (SSSR count). The molecule has 0 heterocycles. The van der Waals surface area contributed by atoms with Gasteiger partial charge in [-0.3, -0.25) is 0 Å². The lowest BCUT2D eigenvalue weighted by atomic mass is 9.81. The molecule has 0 aromatic heterocycles. The largest absolute Gasteiger partial charge is 0.397 e. The zero-order valence-electron chi connectivity index (χ0n) is 11.3. The summed E-state index contributed by atoms with van der Waals surface area (Å²) in [6.45, 7) is 3.40. The van der Waals surface area contributed by atoms with Gasteiger partial charge in [0.1, 0.15) is 0 Å². The standard InChI is InChI=1S/C15H25N3/c1-11-3-2-4-12(9-11)7-8-18-13-5-6-14(16)15(17)10-13/h5-6,10-12,18H,2-4,7-9,16-17H2,1H3. The summed E-state index contributed by atoms with van der Waals surface area (Å²) in [6, 6.07) is 5.77. The van der Waals surface area contributed by atoms with Crippen LogP contribution in [-0.4, -0.2) is 6.54 Å². The Bertz CT molecular complexity index is 389. The summed E-state index contributed by atoms with van der Waals surface area (Å²) < 4.78 is 0. The number of anilines is 3. The zero-order valence-corrected chi connectivity index (χ0v) is 11.3. The molecule has 3 heteroatoms. The average molecular weight is 247 g/mol. The predicted octanol–water partition coefficient (Wildman–Crippen LogP) is 3.48. The van der Waals surface area contributed by atoms with E-state index in [4.69, 9.17) is 11.5 Å². The summed E-state index contributed by atoms with van der Waals surface area (Å²) in [4.78, 5) is 0. The Balaban J connectivity index is 1.76. The number of rotatable bonds is 4. The van der Waals surface area contributed by atoms with E-state index in [0.717, 1.165) is 24.1 Å². The molecule has 100 valence electrons. The number of nitrogens with one attached hydrogen (secondary N) is 1. The van der Waals surface area contributed by atoms with E-state index in [1.807, 2.05) is 18.2 Å². The topological polar surface area (TPSA) is 64.1 Å². The summed E-state index contributed by atoms with van der Waals surface area (Å²) in [6.07, 6.45) is 6.87. The number of nitrogens with two attached hydrogens (primary N) is 2. The second kappa shape index (κ2) is 5.98. The van der Waals surface area contributed by atoms with Crippen molar-refractivity contribution in [3.8, 4) is 0 Å². The van der Waals surface area contributed by atoms with Crippen LogP contribution in [0.4, 0.5) is 17.1 Å². The van der Waals surface area contributed by atoms with Gasteiger partial charge in [-0.2, -0.15) is 0 Å². The number of nitrogen functional groups attached to an aromatic ring is 2. The minimum Gasteiger partial charge on any atom is -0.397 e. The molecule has 1 aromatic rings. The second-order valence-corrected chi connectivity index (χ2v) is 5.70. The van der Waals surface area contributed by atoms with Gasteiger partial charge < -0.3 is 16.8 Å². The van der Waals surface area contributed by atoms with Gasteiger partial charge in [0.2, 0.25) is 0 Å². The molecule has 18 heavy (non-hydrogen) atoms. The molecule has 1 aliphatic rings. The Kier molecular flexibility index (Phi) is 4.34. The lowest BCUT2D eigenvalue weighted by molar-refractivity contribution is 0.274. The SMILES string of the molecule is CC1CCCC(CCNc2ccc(N)c(N)c2)C1. The summed E-state index contributed by atoms with van der Waals surface area (Å²) in [7, 11) is 0. The van der Waals surface area contributed by atoms with Crippen LogP contribution in [0, 0.1) is 11.8 Å². The van der Waals surface area contributed by atoms with E-state index in [-0.39, 0.29) is 0 Å². The molecule has 2 atom stereocenters. The third-order valence-corrected chi connectivity index (χ3v) is 4.01. The Hall–Kier alpha value is -1.38. The molecule has 1 saturated carbocycles. The van der Waals surface area contributed by atoms with E-state index in [2.05, 4.69) is 12.2 Å². The maximum Gasteiger partial charge on any atom is 0.0568 e. The molecule has 1 aromatic carbocycles. The minimum absolute atomic E-state index is 0.654. The lowest BCUT2D eigenvalue weighted by Crippen LogP contribution is -2.16. The molecular weight excluding hydrogens is 222 g/mol. The van der Waals surface area contributed by atoms with Crippen molar-refractivity contribution in [2.24, 2.45) is 11.8 Å². The Morgan fingerprint density at radius 3 is 2.78 bits per heavy atom. The summed E-state index contributed by atoms with van der Waals surface area (Å²) in [5, 5.41) is 3.44. The highest BCUT2D eigenvalue weighted by atomic mass is 14.9. The molecule has 3 nitrogen and oxygen atoms in total. The Morgan fingerprint density at radius 2 is 2.06 bits per heavy atom. The fourth-order valence-electron chi connectivity index (χ4n) is 2.93. The molecule has 1 aliphatic carbocycles. The fourth-order valence-corrected chi connectivity index (χ4v) is 2.93. The summed E-state index contributed by atoms with van der Waals surface area (Å²) in [5.74, 6) is 1.81. The third kappa shape index (κ3) is 3.56. The minimum atomic E-state index is 0.654. The first-order valence-electron chi connectivity index (χ1n) is 7.04. The smallest absolute Gasteiger partial charge is 0.0568 e. The predicted molar refractivity (Wildman–Crippen MR) is 79.5 cm³/mol. The van der Waals surface area contributed by atoms with Gasteiger partial charge in [0.25, 0.3) is 0 Å². The van der Waals surface area contributed by atoms with Crippen LogP contribution in [0.15, 0.2) is 18.2 Å². The molecule has 0 amide bonds. The van der Waals surface area contributed by atoms with Crippen molar-refractivity contribution >= 4 is 17.1 Å². The van der Waals surface area contributed by atoms with Crippen LogP contribution in [0.1, 0.15) is 39.0 Å². The molecule has 0 saturated heterocycles. The van der Waals surface area contributed by atoms with Crippen molar-refractivity contribution in [1.82, 2.24) is 0 Å². The maximum atomic E-state index is 5.79. The van der Waals surface area contributed by atoms with Crippen LogP contribution in [0.2, 0.25) is 0 Å². The van der Waals surface area contributed by atoms with Crippen LogP contribution < -0.4 is 16.8 Å². The normalized spacial score (nSPS) is 23.8. The first-order valence-corrected chi connectivity index (χ1v) is 7.04. The second-order valence-electron chi connectivity index (χ2n) is 5.70. The van der Waals surface area contributed by atoms with Gasteiger partial charge in [-0.15, -0.1) is 0 Å². The highest BCUT2D eigenvalue weighted by molar-refractivity contribution is 5.69. The van der Waals surface area contributed by atoms with Crippen molar-refractivity contribution in [3.05, 3.63) is 18.2 Å². The average Bonchev–Trinajstić information content (AvgIpc) is 2.34. The lowest BCUT2D eigenvalue weighted by Gasteiger charge is -2.26. The van der Waals surface area contributed by atoms with Crippen molar-refractivity contribution in [3.63, 3.8) is 0 Å². The van der Waals surface area contributed by atoms with Crippen LogP contribution in [-0.2, 0) is 0 Å². The first-order chi connectivity index (χ1) is 8.65. The Labute approximate surface area is 110 Å². The Morgan fingerprint density at radius 1 is 1.22 bits per heavy atom. The molecule has 0 bridgehead atoms. The van der Waals surface area contributed by atoms with Crippen molar-refractivity contribution in [2.75, 3.05) is 23.3 Å². The molecule has 1 fully saturated rings. The number of benzene rings is 1. The molecule has 0 spiro atoms. The maximum absolute atomic E-state index is 5.79. The highest BCUT2D eigenvalue weighted by Gasteiger charge is 2.18. The van der Waals surface area contributed by atoms with E-state index in [9.17, 15) is 0 Å². The van der Waals surface area contributed by atoms with Crippen LogP contribution in [0.5, 0.6) is 0 Å². The van der Waals surface area contributed by atoms with Gasteiger partial charge in [0.05, 0.1) is 11.4 Å². The number of hydrogen-bond acceptors (Lipinski definition) is 3. The van der Waals surface area contributed by atoms with E-state index in [1.165, 1.54) is 32.1 Å². The fraction of sp³-hybridized carbons (Fsp3) is 0.600. The van der Waals surface area contributed by atoms with E-state index in [0.29, 0.717) is 11.4 Å². The van der Waals surface area contributed by atoms with Gasteiger partial charge in [-0.1, -0.05) is 26.2 Å². The van der Waals surface area contributed by atoms with E-state index < -0.39 is 0 Å². The summed E-state index contributed by atoms with van der Waals surface area (Å²) in [5.41, 5.74) is 13.9. The quantitative estimate of drug-likeness (QED) is 0.714. The van der Waals surface area contributed by atoms with Crippen LogP contribution >= 0.6 is 0 Å². The zero-order chi connectivity index (χ0) is 13.0. The van der Waals surface area contributed by atoms with E-state index >= 15 is 0 Å². The van der Waals surface area contributed by atoms with Gasteiger partial charge in [-0.05, 0) is 42.9 Å². The monoisotopic (exact) mass is 247 g/mol. The highest BCUT2D eigenvalue weighted by Crippen LogP contribution is 2.30. The van der Waals surface area contributed by atoms with Gasteiger partial charge in [-0.25, -0.2) is 0 Å². The van der Waals surface area contributed by atoms with Gasteiger partial charge in [0, 0.05) is 12.2 Å². The van der Waals surface area contributed by atoms with E-state index in [1.54, 1.807) is 0 Å².